The minimum Gasteiger partial charge on any atom is -0.480 e. The van der Waals surface area contributed by atoms with Crippen LogP contribution in [0.3, 0.4) is 0 Å². The van der Waals surface area contributed by atoms with Crippen molar-refractivity contribution in [3.8, 4) is 0 Å². The number of fused-ring (bicyclic) bond motifs is 1. The molecule has 4 atom stereocenters. The van der Waals surface area contributed by atoms with Crippen molar-refractivity contribution in [3.63, 3.8) is 0 Å². The molecule has 2 aliphatic heterocycles. The van der Waals surface area contributed by atoms with Crippen molar-refractivity contribution in [3.05, 3.63) is 69.1 Å². The third-order valence-electron chi connectivity index (χ3n) is 8.43. The number of esters is 1. The first-order valence-corrected chi connectivity index (χ1v) is 20.0. The number of carboxylic acid groups (broad SMARTS) is 1. The first kappa shape index (κ1) is 38.0. The number of likely N-dealkylation sites (tertiary alicyclic amines) is 1. The standard InChI is InChI=1S/C33H41ClN6O7S3/c1-3-47-33(44)24(36-20(2)31(41)40-15-7-10-26(40)32(42)43)12-14-30-37-22(19-48-30)18-35-50(45,46)28-17-27-25(16-23(28)34)38-29(39-49-27)13-11-21-8-5-4-6-9-21/h4-6,8-9,16-17,19-20,24,26,29,35-36,38-39H,3,7,10-15,18H2,1-2H3,(H,42,43)/t20-,24?,26-,29?/m0/s1. The Kier molecular flexibility index (Phi) is 13.2. The van der Waals surface area contributed by atoms with E-state index in [-0.39, 0.29) is 41.6 Å². The van der Waals surface area contributed by atoms with Gasteiger partial charge in [0.1, 0.15) is 17.0 Å². The highest BCUT2D eigenvalue weighted by atomic mass is 35.5. The van der Waals surface area contributed by atoms with E-state index in [0.29, 0.717) is 41.4 Å². The van der Waals surface area contributed by atoms with Crippen molar-refractivity contribution in [1.29, 1.82) is 0 Å². The number of ether oxygens (including phenoxy) is 1. The molecule has 270 valence electrons. The van der Waals surface area contributed by atoms with Gasteiger partial charge in [0.05, 0.1) is 46.8 Å². The van der Waals surface area contributed by atoms with E-state index in [1.165, 1.54) is 33.7 Å². The van der Waals surface area contributed by atoms with Crippen molar-refractivity contribution in [2.45, 2.75) is 93.0 Å². The van der Waals surface area contributed by atoms with Crippen LogP contribution in [0.15, 0.2) is 57.6 Å². The Labute approximate surface area is 305 Å². The van der Waals surface area contributed by atoms with Crippen LogP contribution in [-0.4, -0.2) is 78.7 Å². The molecule has 2 unspecified atom stereocenters. The molecule has 1 saturated heterocycles. The average molecular weight is 765 g/mol. The fraction of sp³-hybridized carbons (Fsp3) is 0.455. The number of carbonyl (C=O) groups excluding carboxylic acids is 2. The number of amides is 1. The topological polar surface area (TPSA) is 179 Å². The minimum atomic E-state index is -3.98. The number of hydrogen-bond donors (Lipinski definition) is 5. The molecule has 13 nitrogen and oxygen atoms in total. The number of halogens is 1. The van der Waals surface area contributed by atoms with Gasteiger partial charge in [-0.3, -0.25) is 14.9 Å². The summed E-state index contributed by atoms with van der Waals surface area (Å²) in [6.07, 6.45) is 3.30. The lowest BCUT2D eigenvalue weighted by Gasteiger charge is -2.28. The number of thiazole rings is 1. The number of hydrogen-bond acceptors (Lipinski definition) is 12. The van der Waals surface area contributed by atoms with Gasteiger partial charge in [-0.05, 0) is 75.6 Å². The molecule has 1 aromatic heterocycles. The highest BCUT2D eigenvalue weighted by molar-refractivity contribution is 7.97. The van der Waals surface area contributed by atoms with Crippen LogP contribution in [0.1, 0.15) is 55.8 Å². The summed E-state index contributed by atoms with van der Waals surface area (Å²) in [5, 5.41) is 18.4. The molecule has 1 amide bonds. The third-order valence-corrected chi connectivity index (χ3v) is 12.2. The molecule has 3 heterocycles. The van der Waals surface area contributed by atoms with Crippen molar-refractivity contribution < 1.29 is 32.6 Å². The quantitative estimate of drug-likeness (QED) is 0.104. The Hall–Kier alpha value is -3.25. The van der Waals surface area contributed by atoms with E-state index in [1.54, 1.807) is 31.4 Å². The number of carbonyl (C=O) groups is 3. The fourth-order valence-corrected chi connectivity index (χ4v) is 9.15. The molecular formula is C33H41ClN6O7S3. The zero-order valence-corrected chi connectivity index (χ0v) is 30.9. The number of rotatable bonds is 16. The minimum absolute atomic E-state index is 0.0148. The van der Waals surface area contributed by atoms with Gasteiger partial charge in [-0.25, -0.2) is 27.6 Å². The summed E-state index contributed by atoms with van der Waals surface area (Å²) in [5.74, 6) is -1.96. The van der Waals surface area contributed by atoms with Gasteiger partial charge in [0.2, 0.25) is 15.9 Å². The van der Waals surface area contributed by atoms with E-state index in [1.807, 2.05) is 18.2 Å². The third kappa shape index (κ3) is 9.75. The predicted molar refractivity (Wildman–Crippen MR) is 192 cm³/mol. The van der Waals surface area contributed by atoms with Crippen molar-refractivity contribution in [2.75, 3.05) is 18.5 Å². The molecule has 5 N–H and O–H groups in total. The summed E-state index contributed by atoms with van der Waals surface area (Å²) in [4.78, 5) is 43.9. The van der Waals surface area contributed by atoms with Crippen LogP contribution in [0, 0.1) is 0 Å². The number of aliphatic carboxylic acids is 1. The Morgan fingerprint density at radius 2 is 1.98 bits per heavy atom. The van der Waals surface area contributed by atoms with E-state index in [4.69, 9.17) is 16.3 Å². The summed E-state index contributed by atoms with van der Waals surface area (Å²) in [7, 11) is -3.98. The van der Waals surface area contributed by atoms with Gasteiger partial charge in [0.15, 0.2) is 0 Å². The molecular weight excluding hydrogens is 724 g/mol. The second kappa shape index (κ2) is 17.3. The molecule has 3 aromatic rings. The maximum Gasteiger partial charge on any atom is 0.326 e. The lowest BCUT2D eigenvalue weighted by atomic mass is 10.1. The van der Waals surface area contributed by atoms with E-state index in [2.05, 4.69) is 37.2 Å². The highest BCUT2D eigenvalue weighted by Gasteiger charge is 2.37. The van der Waals surface area contributed by atoms with Gasteiger partial charge >= 0.3 is 11.9 Å². The zero-order valence-electron chi connectivity index (χ0n) is 27.7. The molecule has 0 bridgehead atoms. The summed E-state index contributed by atoms with van der Waals surface area (Å²) >= 11 is 9.17. The van der Waals surface area contributed by atoms with E-state index in [0.717, 1.165) is 18.5 Å². The molecule has 2 aromatic carbocycles. The van der Waals surface area contributed by atoms with Crippen LogP contribution >= 0.6 is 34.9 Å². The van der Waals surface area contributed by atoms with Crippen LogP contribution in [0.25, 0.3) is 0 Å². The number of carboxylic acids is 1. The van der Waals surface area contributed by atoms with E-state index >= 15 is 0 Å². The number of nitrogens with one attached hydrogen (secondary N) is 4. The molecule has 0 spiro atoms. The largest absolute Gasteiger partial charge is 0.480 e. The van der Waals surface area contributed by atoms with Gasteiger partial charge in [0, 0.05) is 23.2 Å². The molecule has 0 radical (unpaired) electrons. The first-order chi connectivity index (χ1) is 23.9. The molecule has 2 aliphatic rings. The van der Waals surface area contributed by atoms with Crippen LogP contribution in [0.2, 0.25) is 5.02 Å². The van der Waals surface area contributed by atoms with Gasteiger partial charge < -0.3 is 20.1 Å². The number of aromatic nitrogens is 1. The van der Waals surface area contributed by atoms with E-state index < -0.39 is 40.1 Å². The maximum atomic E-state index is 13.3. The monoisotopic (exact) mass is 764 g/mol. The fourth-order valence-electron chi connectivity index (χ4n) is 5.86. The van der Waals surface area contributed by atoms with Crippen LogP contribution in [-0.2, 0) is 48.5 Å². The lowest BCUT2D eigenvalue weighted by molar-refractivity contribution is -0.150. The second-order valence-electron chi connectivity index (χ2n) is 12.0. The van der Waals surface area contributed by atoms with Crippen molar-refractivity contribution in [1.82, 2.24) is 24.6 Å². The maximum absolute atomic E-state index is 13.3. The number of sulfonamides is 1. The molecule has 50 heavy (non-hydrogen) atoms. The predicted octanol–water partition coefficient (Wildman–Crippen LogP) is 4.17. The number of nitrogens with zero attached hydrogens (tertiary/aromatic N) is 2. The highest BCUT2D eigenvalue weighted by Crippen LogP contribution is 2.37. The molecule has 5 rings (SSSR count). The molecule has 0 saturated carbocycles. The van der Waals surface area contributed by atoms with Gasteiger partial charge in [-0.15, -0.1) is 11.3 Å². The van der Waals surface area contributed by atoms with Crippen LogP contribution < -0.4 is 20.1 Å². The Balaban J connectivity index is 1.15. The number of benzene rings is 2. The smallest absolute Gasteiger partial charge is 0.326 e. The normalized spacial score (nSPS) is 18.6. The Morgan fingerprint density at radius 1 is 1.20 bits per heavy atom. The summed E-state index contributed by atoms with van der Waals surface area (Å²) < 4.78 is 37.8. The lowest BCUT2D eigenvalue weighted by Crippen LogP contribution is -2.53. The molecule has 1 fully saturated rings. The van der Waals surface area contributed by atoms with Crippen LogP contribution in [0.5, 0.6) is 0 Å². The van der Waals surface area contributed by atoms with Crippen molar-refractivity contribution >= 4 is 68.4 Å². The Morgan fingerprint density at radius 3 is 2.72 bits per heavy atom. The summed E-state index contributed by atoms with van der Waals surface area (Å²) in [5.41, 5.74) is 2.49. The van der Waals surface area contributed by atoms with Gasteiger partial charge in [-0.2, -0.15) is 0 Å². The second-order valence-corrected chi connectivity index (χ2v) is 16.0. The van der Waals surface area contributed by atoms with E-state index in [9.17, 15) is 27.9 Å². The molecule has 0 aliphatic carbocycles. The Bertz CT molecular complexity index is 1780. The van der Waals surface area contributed by atoms with Gasteiger partial charge in [0.25, 0.3) is 0 Å². The average Bonchev–Trinajstić information content (AvgIpc) is 3.78. The van der Waals surface area contributed by atoms with Crippen molar-refractivity contribution in [2.24, 2.45) is 0 Å². The summed E-state index contributed by atoms with van der Waals surface area (Å²) in [6, 6.07) is 10.8. The number of anilines is 1. The summed E-state index contributed by atoms with van der Waals surface area (Å²) in [6.45, 7) is 3.72. The first-order valence-electron chi connectivity index (χ1n) is 16.4. The van der Waals surface area contributed by atoms with Gasteiger partial charge in [-0.1, -0.05) is 41.9 Å². The zero-order chi connectivity index (χ0) is 35.8. The SMILES string of the molecule is CCOC(=O)C(CCc1nc(CNS(=O)(=O)c2cc3c(cc2Cl)NC(CCc2ccccc2)NS3)cs1)N[C@@H](C)C(=O)N1CCC[C@H]1C(=O)O. The van der Waals surface area contributed by atoms with Crippen LogP contribution in [0.4, 0.5) is 5.69 Å². The molecule has 17 heteroatoms. The number of aryl methyl sites for hydroxylation is 2.